The molecule has 0 aliphatic heterocycles. The molecule has 5 aromatic rings. The van der Waals surface area contributed by atoms with Crippen LogP contribution in [-0.2, 0) is 6.54 Å². The Morgan fingerprint density at radius 3 is 2.55 bits per heavy atom. The predicted molar refractivity (Wildman–Crippen MR) is 143 cm³/mol. The highest BCUT2D eigenvalue weighted by Crippen LogP contribution is 2.39. The first-order chi connectivity index (χ1) is 18.4. The molecule has 4 aromatic carbocycles. The number of H-pyrrole nitrogens is 1. The van der Waals surface area contributed by atoms with Crippen molar-refractivity contribution < 1.29 is 23.8 Å². The first-order valence-electron chi connectivity index (χ1n) is 11.6. The zero-order valence-electron chi connectivity index (χ0n) is 20.1. The van der Waals surface area contributed by atoms with Gasteiger partial charge in [-0.05, 0) is 29.3 Å². The number of nitrogens with zero attached hydrogens (tertiary/aromatic N) is 1. The van der Waals surface area contributed by atoms with Gasteiger partial charge in [0, 0.05) is 40.4 Å². The van der Waals surface area contributed by atoms with Gasteiger partial charge in [0.2, 0.25) is 0 Å². The lowest BCUT2D eigenvalue weighted by Gasteiger charge is -2.14. The number of carboxylic acid groups (broad SMARTS) is 1. The molecule has 0 saturated carbocycles. The Kier molecular flexibility index (Phi) is 6.81. The number of imidazole rings is 1. The van der Waals surface area contributed by atoms with Crippen molar-refractivity contribution in [2.75, 3.05) is 7.11 Å². The van der Waals surface area contributed by atoms with E-state index in [1.807, 2.05) is 30.3 Å². The molecule has 1 aromatic heterocycles. The normalized spacial score (nSPS) is 10.9. The van der Waals surface area contributed by atoms with E-state index in [1.165, 1.54) is 25.3 Å². The van der Waals surface area contributed by atoms with Gasteiger partial charge in [-0.3, -0.25) is 4.79 Å². The number of amides is 1. The van der Waals surface area contributed by atoms with Gasteiger partial charge in [0.15, 0.2) is 11.6 Å². The second-order valence-corrected chi connectivity index (χ2v) is 8.89. The number of rotatable bonds is 7. The monoisotopic (exact) mass is 529 g/mol. The summed E-state index contributed by atoms with van der Waals surface area (Å²) in [5, 5.41) is 13.1. The van der Waals surface area contributed by atoms with Crippen LogP contribution < -0.4 is 10.1 Å². The van der Waals surface area contributed by atoms with Gasteiger partial charge in [-0.2, -0.15) is 0 Å². The molecule has 1 amide bonds. The molecule has 5 rings (SSSR count). The molecule has 7 nitrogen and oxygen atoms in total. The highest BCUT2D eigenvalue weighted by atomic mass is 35.5. The van der Waals surface area contributed by atoms with Crippen molar-refractivity contribution in [1.82, 2.24) is 15.3 Å². The molecular formula is C29H21ClFN3O4. The van der Waals surface area contributed by atoms with Crippen molar-refractivity contribution in [2.45, 2.75) is 6.54 Å². The first-order valence-corrected chi connectivity index (χ1v) is 12.0. The van der Waals surface area contributed by atoms with E-state index in [2.05, 4.69) is 15.3 Å². The fourth-order valence-electron chi connectivity index (χ4n) is 4.25. The highest BCUT2D eigenvalue weighted by Gasteiger charge is 2.22. The first kappa shape index (κ1) is 25.0. The zero-order chi connectivity index (χ0) is 26.8. The molecule has 0 unspecified atom stereocenters. The van der Waals surface area contributed by atoms with Gasteiger partial charge in [0.25, 0.3) is 5.91 Å². The van der Waals surface area contributed by atoms with Crippen molar-refractivity contribution in [2.24, 2.45) is 0 Å². The number of methoxy groups -OCH3 is 1. The fourth-order valence-corrected chi connectivity index (χ4v) is 4.53. The van der Waals surface area contributed by atoms with Crippen LogP contribution in [0.1, 0.15) is 26.3 Å². The minimum atomic E-state index is -1.22. The number of hydrogen-bond donors (Lipinski definition) is 3. The molecule has 0 aliphatic rings. The van der Waals surface area contributed by atoms with Crippen molar-refractivity contribution in [3.05, 3.63) is 106 Å². The third-order valence-corrected chi connectivity index (χ3v) is 6.42. The number of aromatic carboxylic acids is 1. The van der Waals surface area contributed by atoms with Crippen molar-refractivity contribution in [1.29, 1.82) is 0 Å². The number of aromatic nitrogens is 2. The Hall–Kier alpha value is -4.69. The van der Waals surface area contributed by atoms with Crippen LogP contribution in [0, 0.1) is 5.82 Å². The molecule has 9 heteroatoms. The summed E-state index contributed by atoms with van der Waals surface area (Å²) in [5.74, 6) is -1.76. The molecular weight excluding hydrogens is 509 g/mol. The molecule has 0 aliphatic carbocycles. The minimum Gasteiger partial charge on any atom is -0.494 e. The van der Waals surface area contributed by atoms with E-state index in [9.17, 15) is 19.1 Å². The summed E-state index contributed by atoms with van der Waals surface area (Å²) in [6, 6.07) is 21.6. The molecule has 0 spiro atoms. The van der Waals surface area contributed by atoms with Gasteiger partial charge in [0.1, 0.15) is 5.82 Å². The maximum Gasteiger partial charge on any atom is 0.336 e. The molecule has 0 bridgehead atoms. The molecule has 0 fully saturated rings. The summed E-state index contributed by atoms with van der Waals surface area (Å²) in [7, 11) is 1.37. The molecule has 0 atom stereocenters. The van der Waals surface area contributed by atoms with Crippen LogP contribution in [0.25, 0.3) is 33.5 Å². The van der Waals surface area contributed by atoms with Gasteiger partial charge in [-0.15, -0.1) is 0 Å². The van der Waals surface area contributed by atoms with Crippen LogP contribution in [0.2, 0.25) is 5.02 Å². The van der Waals surface area contributed by atoms with Crippen LogP contribution in [0.3, 0.4) is 0 Å². The summed E-state index contributed by atoms with van der Waals surface area (Å²) >= 11 is 6.59. The summed E-state index contributed by atoms with van der Waals surface area (Å²) in [4.78, 5) is 32.7. The van der Waals surface area contributed by atoms with E-state index in [-0.39, 0.29) is 21.9 Å². The number of halogens is 2. The largest absolute Gasteiger partial charge is 0.494 e. The highest BCUT2D eigenvalue weighted by molar-refractivity contribution is 6.34. The Labute approximate surface area is 221 Å². The predicted octanol–water partition coefficient (Wildman–Crippen LogP) is 6.33. The molecule has 1 heterocycles. The summed E-state index contributed by atoms with van der Waals surface area (Å²) in [6.07, 6.45) is 0. The second-order valence-electron chi connectivity index (χ2n) is 8.49. The summed E-state index contributed by atoms with van der Waals surface area (Å²) in [6.45, 7) is 0.302. The number of hydrogen-bond acceptors (Lipinski definition) is 4. The summed E-state index contributed by atoms with van der Waals surface area (Å²) in [5.41, 5.74) is 3.15. The zero-order valence-corrected chi connectivity index (χ0v) is 20.8. The van der Waals surface area contributed by atoms with Crippen LogP contribution in [-0.4, -0.2) is 34.1 Å². The van der Waals surface area contributed by atoms with Crippen molar-refractivity contribution in [3.8, 4) is 28.3 Å². The number of carbonyl (C=O) groups excluding carboxylic acids is 1. The Morgan fingerprint density at radius 1 is 1.03 bits per heavy atom. The standard InChI is InChI=1S/C29H21ClFN3O4/c1-38-25-14-24-23(13-22(25)31)33-27(34-24)19-8-5-9-21(30)26(19)18-11-10-17(12-20(18)29(36)37)28(35)32-15-16-6-3-2-4-7-16/h2-14H,15H2,1H3,(H,32,35)(H,33,34)(H,36,37). The fraction of sp³-hybridized carbons (Fsp3) is 0.0690. The van der Waals surface area contributed by atoms with Gasteiger partial charge >= 0.3 is 5.97 Å². The third-order valence-electron chi connectivity index (χ3n) is 6.10. The number of fused-ring (bicyclic) bond motifs is 1. The van der Waals surface area contributed by atoms with E-state index < -0.39 is 17.7 Å². The van der Waals surface area contributed by atoms with E-state index >= 15 is 0 Å². The van der Waals surface area contributed by atoms with Gasteiger partial charge < -0.3 is 20.1 Å². The Morgan fingerprint density at radius 2 is 1.82 bits per heavy atom. The number of ether oxygens (including phenoxy) is 1. The van der Waals surface area contributed by atoms with E-state index in [4.69, 9.17) is 16.3 Å². The van der Waals surface area contributed by atoms with Crippen LogP contribution in [0.5, 0.6) is 5.75 Å². The maximum absolute atomic E-state index is 14.2. The lowest BCUT2D eigenvalue weighted by Crippen LogP contribution is -2.23. The quantitative estimate of drug-likeness (QED) is 0.229. The SMILES string of the molecule is COc1cc2nc(-c3cccc(Cl)c3-c3ccc(C(=O)NCc4ccccc4)cc3C(=O)O)[nH]c2cc1F. The van der Waals surface area contributed by atoms with Crippen LogP contribution >= 0.6 is 11.6 Å². The molecule has 0 radical (unpaired) electrons. The minimum absolute atomic E-state index is 0.0520. The average Bonchev–Trinajstić information content (AvgIpc) is 3.34. The topological polar surface area (TPSA) is 104 Å². The second kappa shape index (κ2) is 10.4. The van der Waals surface area contributed by atoms with Gasteiger partial charge in [-0.25, -0.2) is 14.2 Å². The van der Waals surface area contributed by atoms with E-state index in [0.717, 1.165) is 5.56 Å². The average molecular weight is 530 g/mol. The maximum atomic E-state index is 14.2. The summed E-state index contributed by atoms with van der Waals surface area (Å²) < 4.78 is 19.3. The van der Waals surface area contributed by atoms with Crippen LogP contribution in [0.4, 0.5) is 4.39 Å². The van der Waals surface area contributed by atoms with Crippen LogP contribution in [0.15, 0.2) is 78.9 Å². The lowest BCUT2D eigenvalue weighted by molar-refractivity contribution is 0.0697. The number of carboxylic acids is 1. The number of nitrogens with one attached hydrogen (secondary N) is 2. The molecule has 0 saturated heterocycles. The lowest BCUT2D eigenvalue weighted by atomic mass is 9.93. The Bertz CT molecular complexity index is 1680. The number of carbonyl (C=O) groups is 2. The Balaban J connectivity index is 1.56. The van der Waals surface area contributed by atoms with Crippen molar-refractivity contribution in [3.63, 3.8) is 0 Å². The van der Waals surface area contributed by atoms with Crippen molar-refractivity contribution >= 4 is 34.5 Å². The molecule has 3 N–H and O–H groups in total. The third kappa shape index (κ3) is 4.81. The molecule has 190 valence electrons. The van der Waals surface area contributed by atoms with Gasteiger partial charge in [-0.1, -0.05) is 60.1 Å². The van der Waals surface area contributed by atoms with E-state index in [0.29, 0.717) is 40.1 Å². The molecule has 38 heavy (non-hydrogen) atoms. The smallest absolute Gasteiger partial charge is 0.336 e. The number of benzene rings is 4. The number of aromatic amines is 1. The van der Waals surface area contributed by atoms with E-state index in [1.54, 1.807) is 30.3 Å². The van der Waals surface area contributed by atoms with Gasteiger partial charge in [0.05, 0.1) is 23.7 Å².